The van der Waals surface area contributed by atoms with Crippen LogP contribution in [0.3, 0.4) is 0 Å². The van der Waals surface area contributed by atoms with Crippen molar-refractivity contribution in [1.82, 2.24) is 24.9 Å². The second-order valence-corrected chi connectivity index (χ2v) is 13.5. The third-order valence-corrected chi connectivity index (χ3v) is 10.1. The molecular weight excluding hydrogens is 671 g/mol. The summed E-state index contributed by atoms with van der Waals surface area (Å²) in [6.45, 7) is 2.77. The summed E-state index contributed by atoms with van der Waals surface area (Å²) in [5.74, 6) is -1.38. The fourth-order valence-electron chi connectivity index (χ4n) is 6.80. The molecule has 3 aliphatic heterocycles. The normalized spacial score (nSPS) is 22.6. The number of hydrogen-bond donors (Lipinski definition) is 2. The lowest BCUT2D eigenvalue weighted by molar-refractivity contribution is -0.134. The molecule has 3 fully saturated rings. The lowest BCUT2D eigenvalue weighted by Gasteiger charge is -2.37. The fourth-order valence-corrected chi connectivity index (χ4v) is 7.27. The smallest absolute Gasteiger partial charge is 0.282 e. The van der Waals surface area contributed by atoms with E-state index in [0.717, 1.165) is 25.1 Å². The fraction of sp³-hybridized carbons (Fsp3) is 0.441. The van der Waals surface area contributed by atoms with Gasteiger partial charge in [0.2, 0.25) is 11.8 Å². The van der Waals surface area contributed by atoms with Crippen LogP contribution in [0.15, 0.2) is 57.9 Å². The third kappa shape index (κ3) is 7.41. The number of benzene rings is 2. The maximum atomic E-state index is 14.6. The van der Waals surface area contributed by atoms with Crippen LogP contribution < -0.4 is 20.9 Å². The van der Waals surface area contributed by atoms with Gasteiger partial charge in [0, 0.05) is 69.7 Å². The van der Waals surface area contributed by atoms with E-state index in [-0.39, 0.29) is 53.8 Å². The number of carbonyl (C=O) groups is 3. The molecule has 3 aromatic rings. The van der Waals surface area contributed by atoms with E-state index in [4.69, 9.17) is 4.74 Å². The number of anilines is 1. The molecule has 3 aliphatic rings. The highest BCUT2D eigenvalue weighted by molar-refractivity contribution is 9.10. The third-order valence-electron chi connectivity index (χ3n) is 9.31. The number of likely N-dealkylation sites (tertiary alicyclic amines) is 2. The Morgan fingerprint density at radius 3 is 2.51 bits per heavy atom. The van der Waals surface area contributed by atoms with Crippen molar-refractivity contribution in [3.63, 3.8) is 0 Å². The zero-order valence-electron chi connectivity index (χ0n) is 26.4. The molecule has 0 spiro atoms. The van der Waals surface area contributed by atoms with Crippen LogP contribution in [-0.2, 0) is 16.6 Å². The zero-order chi connectivity index (χ0) is 33.2. The summed E-state index contributed by atoms with van der Waals surface area (Å²) in [6.07, 6.45) is 4.05. The highest BCUT2D eigenvalue weighted by atomic mass is 79.9. The van der Waals surface area contributed by atoms with Gasteiger partial charge in [-0.3, -0.25) is 24.5 Å². The van der Waals surface area contributed by atoms with Gasteiger partial charge in [-0.05, 0) is 77.6 Å². The van der Waals surface area contributed by atoms with Crippen molar-refractivity contribution in [3.8, 4) is 5.75 Å². The summed E-state index contributed by atoms with van der Waals surface area (Å²) in [5, 5.41) is 9.90. The Balaban J connectivity index is 1.03. The first-order valence-corrected chi connectivity index (χ1v) is 16.7. The second-order valence-electron chi connectivity index (χ2n) is 12.7. The van der Waals surface area contributed by atoms with Gasteiger partial charge in [0.05, 0.1) is 17.8 Å². The molecule has 0 saturated carbocycles. The minimum absolute atomic E-state index is 0.0276. The Hall–Kier alpha value is -4.10. The number of nitrogens with one attached hydrogen (secondary N) is 2. The van der Waals surface area contributed by atoms with Gasteiger partial charge in [-0.1, -0.05) is 12.1 Å². The number of hydrogen-bond acceptors (Lipinski definition) is 8. The molecule has 6 rings (SSSR count). The summed E-state index contributed by atoms with van der Waals surface area (Å²) in [4.78, 5) is 53.6. The first-order valence-electron chi connectivity index (χ1n) is 15.9. The van der Waals surface area contributed by atoms with Crippen LogP contribution >= 0.6 is 15.9 Å². The molecule has 0 radical (unpaired) electrons. The average molecular weight is 710 g/mol. The maximum Gasteiger partial charge on any atom is 0.282 e. The molecular formula is C34H38BrFN6O5. The first kappa shape index (κ1) is 32.8. The molecule has 1 aromatic heterocycles. The molecule has 1 unspecified atom stereocenters. The van der Waals surface area contributed by atoms with Crippen LogP contribution in [0.25, 0.3) is 0 Å². The molecule has 248 valence electrons. The van der Waals surface area contributed by atoms with Crippen LogP contribution in [0.5, 0.6) is 5.75 Å². The van der Waals surface area contributed by atoms with Crippen molar-refractivity contribution in [1.29, 1.82) is 0 Å². The van der Waals surface area contributed by atoms with E-state index in [1.165, 1.54) is 10.7 Å². The van der Waals surface area contributed by atoms with Crippen molar-refractivity contribution in [2.24, 2.45) is 7.05 Å². The molecule has 3 atom stereocenters. The van der Waals surface area contributed by atoms with Gasteiger partial charge in [-0.25, -0.2) is 9.07 Å². The molecule has 0 aliphatic carbocycles. The molecule has 11 nitrogen and oxygen atoms in total. The summed E-state index contributed by atoms with van der Waals surface area (Å²) < 4.78 is 22.5. The summed E-state index contributed by atoms with van der Waals surface area (Å²) in [5.41, 5.74) is 2.50. The molecule has 4 heterocycles. The minimum atomic E-state index is -0.731. The number of piperidine rings is 3. The van der Waals surface area contributed by atoms with E-state index in [2.05, 4.69) is 43.6 Å². The van der Waals surface area contributed by atoms with E-state index >= 15 is 0 Å². The molecule has 3 amide bonds. The second kappa shape index (κ2) is 13.9. The highest BCUT2D eigenvalue weighted by Crippen LogP contribution is 2.32. The van der Waals surface area contributed by atoms with Crippen LogP contribution in [-0.4, -0.2) is 82.7 Å². The molecule has 3 saturated heterocycles. The number of amides is 3. The maximum absolute atomic E-state index is 14.6. The Morgan fingerprint density at radius 2 is 1.79 bits per heavy atom. The number of carbonyl (C=O) groups excluding carboxylic acids is 3. The number of imide groups is 1. The van der Waals surface area contributed by atoms with E-state index in [1.807, 2.05) is 29.2 Å². The van der Waals surface area contributed by atoms with Gasteiger partial charge in [0.15, 0.2) is 0 Å². The lowest BCUT2D eigenvalue weighted by atomic mass is 9.87. The Bertz CT molecular complexity index is 1720. The Labute approximate surface area is 280 Å². The van der Waals surface area contributed by atoms with Crippen LogP contribution in [0, 0.1) is 5.82 Å². The summed E-state index contributed by atoms with van der Waals surface area (Å²) in [6, 6.07) is 12.4. The zero-order valence-corrected chi connectivity index (χ0v) is 28.0. The molecule has 2 aromatic carbocycles. The van der Waals surface area contributed by atoms with Gasteiger partial charge in [0.25, 0.3) is 11.5 Å². The van der Waals surface area contributed by atoms with E-state index in [9.17, 15) is 23.6 Å². The topological polar surface area (TPSA) is 126 Å². The van der Waals surface area contributed by atoms with Gasteiger partial charge in [-0.15, -0.1) is 0 Å². The molecule has 2 N–H and O–H groups in total. The Kier molecular flexibility index (Phi) is 9.74. The van der Waals surface area contributed by atoms with Crippen LogP contribution in [0.2, 0.25) is 0 Å². The molecule has 47 heavy (non-hydrogen) atoms. The standard InChI is InChI=1S/C34H38BrFN6O5/c1-40-18-22(15-23(19-40)38-29-17-37-41(2)34(46)31(29)35)20-3-5-21(6-4-20)33(45)42-13-11-24(12-14-42)47-25-7-9-28(36)27(16-25)26-8-10-30(43)39-32(26)44/h3-7,9,16-17,22-24,26,38H,8,10-15,18-19H2,1-2H3,(H,39,43,44)/t22-,23+,26?/m0/s1. The number of likely N-dealkylation sites (N-methyl/N-ethyl adjacent to an activating group) is 1. The largest absolute Gasteiger partial charge is 0.490 e. The Morgan fingerprint density at radius 1 is 1.04 bits per heavy atom. The van der Waals surface area contributed by atoms with Crippen molar-refractivity contribution in [3.05, 3.63) is 86.0 Å². The van der Waals surface area contributed by atoms with E-state index in [1.54, 1.807) is 25.4 Å². The first-order chi connectivity index (χ1) is 22.5. The number of nitrogens with zero attached hydrogens (tertiary/aromatic N) is 4. The number of aryl methyl sites for hydroxylation is 1. The number of halogens is 2. The van der Waals surface area contributed by atoms with Crippen molar-refractivity contribution >= 4 is 39.3 Å². The van der Waals surface area contributed by atoms with Crippen LogP contribution in [0.1, 0.15) is 65.4 Å². The average Bonchev–Trinajstić information content (AvgIpc) is 3.06. The quantitative estimate of drug-likeness (QED) is 0.356. The summed E-state index contributed by atoms with van der Waals surface area (Å²) >= 11 is 3.40. The lowest BCUT2D eigenvalue weighted by Crippen LogP contribution is -2.43. The SMILES string of the molecule is CN1C[C@H](Nc2cnn(C)c(=O)c2Br)C[C@H](c2ccc(C(=O)N3CCC(Oc4ccc(F)c(C5CCC(=O)NC5=O)c4)CC3)cc2)C1. The molecule has 0 bridgehead atoms. The molecule has 13 heteroatoms. The van der Waals surface area contributed by atoms with E-state index < -0.39 is 17.6 Å². The number of ether oxygens (including phenoxy) is 1. The number of aromatic nitrogens is 2. The highest BCUT2D eigenvalue weighted by Gasteiger charge is 2.32. The van der Waals surface area contributed by atoms with Gasteiger partial charge < -0.3 is 19.9 Å². The predicted molar refractivity (Wildman–Crippen MR) is 177 cm³/mol. The predicted octanol–water partition coefficient (Wildman–Crippen LogP) is 3.79. The van der Waals surface area contributed by atoms with Gasteiger partial charge >= 0.3 is 0 Å². The van der Waals surface area contributed by atoms with Crippen molar-refractivity contribution < 1.29 is 23.5 Å². The van der Waals surface area contributed by atoms with Gasteiger partial charge in [-0.2, -0.15) is 5.10 Å². The van der Waals surface area contributed by atoms with Gasteiger partial charge in [0.1, 0.15) is 22.1 Å². The minimum Gasteiger partial charge on any atom is -0.490 e. The van der Waals surface area contributed by atoms with Crippen molar-refractivity contribution in [2.75, 3.05) is 38.5 Å². The van der Waals surface area contributed by atoms with E-state index in [0.29, 0.717) is 47.4 Å². The monoisotopic (exact) mass is 708 g/mol. The van der Waals surface area contributed by atoms with Crippen molar-refractivity contribution in [2.45, 2.75) is 56.1 Å². The van der Waals surface area contributed by atoms with Crippen LogP contribution in [0.4, 0.5) is 10.1 Å². The number of rotatable bonds is 7. The summed E-state index contributed by atoms with van der Waals surface area (Å²) in [7, 11) is 3.70.